The lowest BCUT2D eigenvalue weighted by Gasteiger charge is -2.32. The van der Waals surface area contributed by atoms with Crippen molar-refractivity contribution in [1.82, 2.24) is 5.32 Å². The molecule has 0 spiro atoms. The van der Waals surface area contributed by atoms with Gasteiger partial charge < -0.3 is 15.2 Å². The van der Waals surface area contributed by atoms with Gasteiger partial charge in [-0.2, -0.15) is 0 Å². The summed E-state index contributed by atoms with van der Waals surface area (Å²) in [4.78, 5) is 11.9. The Morgan fingerprint density at radius 1 is 1.26 bits per heavy atom. The van der Waals surface area contributed by atoms with Gasteiger partial charge in [0.1, 0.15) is 5.60 Å². The van der Waals surface area contributed by atoms with E-state index < -0.39 is 17.1 Å². The number of benzene rings is 1. The summed E-state index contributed by atoms with van der Waals surface area (Å²) in [6, 6.07) is 5.31. The molecule has 1 unspecified atom stereocenters. The number of aliphatic hydroxyl groups is 1. The molecule has 0 aromatic heterocycles. The van der Waals surface area contributed by atoms with Crippen molar-refractivity contribution in [3.8, 4) is 0 Å². The van der Waals surface area contributed by atoms with Gasteiger partial charge in [-0.1, -0.05) is 36.2 Å². The van der Waals surface area contributed by atoms with Crippen LogP contribution in [0, 0.1) is 5.41 Å². The number of aliphatic hydroxyl groups excluding tert-OH is 1. The van der Waals surface area contributed by atoms with Crippen molar-refractivity contribution in [3.05, 3.63) is 33.8 Å². The number of ether oxygens (including phenoxy) is 1. The fourth-order valence-corrected chi connectivity index (χ4v) is 2.72. The summed E-state index contributed by atoms with van der Waals surface area (Å²) in [7, 11) is 0. The predicted molar refractivity (Wildman–Crippen MR) is 94.2 cm³/mol. The highest BCUT2D eigenvalue weighted by Crippen LogP contribution is 2.33. The quantitative estimate of drug-likeness (QED) is 0.786. The molecule has 0 saturated carbocycles. The molecule has 1 rings (SSSR count). The maximum absolute atomic E-state index is 11.9. The maximum atomic E-state index is 11.9. The van der Waals surface area contributed by atoms with Crippen molar-refractivity contribution >= 4 is 29.3 Å². The first kappa shape index (κ1) is 20.1. The minimum absolute atomic E-state index is 0.0964. The molecule has 0 aliphatic carbocycles. The smallest absolute Gasteiger partial charge is 0.407 e. The molecule has 0 bridgehead atoms. The summed E-state index contributed by atoms with van der Waals surface area (Å²) >= 11 is 12.4. The minimum Gasteiger partial charge on any atom is -0.444 e. The molecule has 1 aromatic rings. The predicted octanol–water partition coefficient (Wildman–Crippen LogP) is 4.45. The van der Waals surface area contributed by atoms with Crippen molar-refractivity contribution < 1.29 is 14.6 Å². The van der Waals surface area contributed by atoms with Crippen molar-refractivity contribution in [1.29, 1.82) is 0 Å². The Bertz CT molecular complexity index is 517. The third kappa shape index (κ3) is 6.21. The van der Waals surface area contributed by atoms with Crippen LogP contribution in [-0.2, 0) is 11.2 Å². The molecule has 0 aliphatic rings. The molecule has 0 saturated heterocycles. The second-order valence-electron chi connectivity index (χ2n) is 6.74. The SMILES string of the molecule is CCC(CO)(CNC(=O)OC(C)(C)C)Cc1c(Cl)cccc1Cl. The van der Waals surface area contributed by atoms with E-state index >= 15 is 0 Å². The fourth-order valence-electron chi connectivity index (χ4n) is 2.19. The first-order valence-corrected chi connectivity index (χ1v) is 8.38. The second kappa shape index (κ2) is 8.22. The Labute approximate surface area is 148 Å². The fraction of sp³-hybridized carbons (Fsp3) is 0.588. The number of hydrogen-bond acceptors (Lipinski definition) is 3. The van der Waals surface area contributed by atoms with E-state index in [1.54, 1.807) is 39.0 Å². The molecule has 0 fully saturated rings. The number of rotatable bonds is 6. The maximum Gasteiger partial charge on any atom is 0.407 e. The summed E-state index contributed by atoms with van der Waals surface area (Å²) in [5.74, 6) is 0. The van der Waals surface area contributed by atoms with Crippen molar-refractivity contribution in [2.24, 2.45) is 5.41 Å². The van der Waals surface area contributed by atoms with E-state index in [0.29, 0.717) is 22.9 Å². The minimum atomic E-state index is -0.565. The van der Waals surface area contributed by atoms with Crippen LogP contribution in [-0.4, -0.2) is 30.0 Å². The van der Waals surface area contributed by atoms with Crippen LogP contribution in [0.3, 0.4) is 0 Å². The topological polar surface area (TPSA) is 58.6 Å². The number of hydrogen-bond donors (Lipinski definition) is 2. The molecule has 4 nitrogen and oxygen atoms in total. The van der Waals surface area contributed by atoms with Crippen LogP contribution in [0.25, 0.3) is 0 Å². The zero-order valence-electron chi connectivity index (χ0n) is 14.1. The van der Waals surface area contributed by atoms with Crippen LogP contribution in [0.5, 0.6) is 0 Å². The largest absolute Gasteiger partial charge is 0.444 e. The monoisotopic (exact) mass is 361 g/mol. The Morgan fingerprint density at radius 2 is 1.83 bits per heavy atom. The van der Waals surface area contributed by atoms with E-state index in [2.05, 4.69) is 5.32 Å². The third-order valence-electron chi connectivity index (χ3n) is 3.71. The molecule has 1 atom stereocenters. The number of nitrogens with one attached hydrogen (secondary N) is 1. The van der Waals surface area contributed by atoms with Crippen LogP contribution in [0.1, 0.15) is 39.7 Å². The molecule has 130 valence electrons. The van der Waals surface area contributed by atoms with E-state index in [0.717, 1.165) is 5.56 Å². The Hall–Kier alpha value is -0.970. The Morgan fingerprint density at radius 3 is 2.26 bits per heavy atom. The van der Waals surface area contributed by atoms with Gasteiger partial charge in [0.05, 0.1) is 6.61 Å². The molecule has 0 radical (unpaired) electrons. The molecule has 0 aliphatic heterocycles. The average molecular weight is 362 g/mol. The van der Waals surface area contributed by atoms with Gasteiger partial charge in [0, 0.05) is 22.0 Å². The molecule has 0 heterocycles. The number of carbonyl (C=O) groups excluding carboxylic acids is 1. The first-order chi connectivity index (χ1) is 10.6. The van der Waals surface area contributed by atoms with Gasteiger partial charge in [0.25, 0.3) is 0 Å². The van der Waals surface area contributed by atoms with Crippen LogP contribution < -0.4 is 5.32 Å². The molecule has 23 heavy (non-hydrogen) atoms. The summed E-state index contributed by atoms with van der Waals surface area (Å²) in [6.45, 7) is 7.54. The lowest BCUT2D eigenvalue weighted by Crippen LogP contribution is -2.43. The number of carbonyl (C=O) groups is 1. The molecule has 1 aromatic carbocycles. The van der Waals surface area contributed by atoms with Crippen LogP contribution in [0.15, 0.2) is 18.2 Å². The van der Waals surface area contributed by atoms with Gasteiger partial charge in [-0.05, 0) is 51.3 Å². The van der Waals surface area contributed by atoms with E-state index in [9.17, 15) is 9.90 Å². The van der Waals surface area contributed by atoms with Gasteiger partial charge >= 0.3 is 6.09 Å². The second-order valence-corrected chi connectivity index (χ2v) is 7.56. The highest BCUT2D eigenvalue weighted by molar-refractivity contribution is 6.36. The van der Waals surface area contributed by atoms with Crippen molar-refractivity contribution in [2.45, 2.75) is 46.1 Å². The summed E-state index contributed by atoms with van der Waals surface area (Å²) in [6.07, 6.45) is 0.615. The van der Waals surface area contributed by atoms with Gasteiger partial charge in [0.15, 0.2) is 0 Å². The summed E-state index contributed by atoms with van der Waals surface area (Å²) in [5.41, 5.74) is -0.340. The van der Waals surface area contributed by atoms with Gasteiger partial charge in [0.2, 0.25) is 0 Å². The van der Waals surface area contributed by atoms with Crippen molar-refractivity contribution in [2.75, 3.05) is 13.2 Å². The average Bonchev–Trinajstić information content (AvgIpc) is 2.45. The Balaban J connectivity index is 2.85. The molecular formula is C17H25Cl2NO3. The number of alkyl carbamates (subject to hydrolysis) is 1. The highest BCUT2D eigenvalue weighted by Gasteiger charge is 2.31. The third-order valence-corrected chi connectivity index (χ3v) is 4.41. The first-order valence-electron chi connectivity index (χ1n) is 7.63. The summed E-state index contributed by atoms with van der Waals surface area (Å²) < 4.78 is 5.24. The van der Waals surface area contributed by atoms with Gasteiger partial charge in [-0.25, -0.2) is 4.79 Å². The number of amides is 1. The lowest BCUT2D eigenvalue weighted by molar-refractivity contribution is 0.0461. The van der Waals surface area contributed by atoms with Crippen LogP contribution in [0.4, 0.5) is 4.79 Å². The van der Waals surface area contributed by atoms with E-state index in [1.165, 1.54) is 0 Å². The van der Waals surface area contributed by atoms with Crippen molar-refractivity contribution in [3.63, 3.8) is 0 Å². The van der Waals surface area contributed by atoms with E-state index in [1.807, 2.05) is 6.92 Å². The number of halogens is 2. The highest BCUT2D eigenvalue weighted by atomic mass is 35.5. The van der Waals surface area contributed by atoms with E-state index in [4.69, 9.17) is 27.9 Å². The molecule has 1 amide bonds. The van der Waals surface area contributed by atoms with Gasteiger partial charge in [-0.15, -0.1) is 0 Å². The Kier molecular flexibility index (Phi) is 7.18. The zero-order valence-corrected chi connectivity index (χ0v) is 15.6. The van der Waals surface area contributed by atoms with Crippen LogP contribution >= 0.6 is 23.2 Å². The molecule has 2 N–H and O–H groups in total. The van der Waals surface area contributed by atoms with Crippen LogP contribution in [0.2, 0.25) is 10.0 Å². The molecular weight excluding hydrogens is 337 g/mol. The standard InChI is InChI=1S/C17H25Cl2NO3/c1-5-17(11-21,10-20-15(22)23-16(2,3)4)9-12-13(18)7-6-8-14(12)19/h6-8,21H,5,9-11H2,1-4H3,(H,20,22). The van der Waals surface area contributed by atoms with E-state index in [-0.39, 0.29) is 13.2 Å². The normalized spacial score (nSPS) is 14.2. The lowest BCUT2D eigenvalue weighted by atomic mass is 9.79. The summed E-state index contributed by atoms with van der Waals surface area (Å²) in [5, 5.41) is 13.7. The molecule has 6 heteroatoms. The zero-order chi connectivity index (χ0) is 17.7. The van der Waals surface area contributed by atoms with Gasteiger partial charge in [-0.3, -0.25) is 0 Å².